The third-order valence-electron chi connectivity index (χ3n) is 6.72. The fourth-order valence-electron chi connectivity index (χ4n) is 4.43. The third-order valence-corrected chi connectivity index (χ3v) is 6.72. The molecular formula is C23H42IN7O. The predicted octanol–water partition coefficient (Wildman–Crippen LogP) is 2.09. The predicted molar refractivity (Wildman–Crippen MR) is 141 cm³/mol. The van der Waals surface area contributed by atoms with Crippen molar-refractivity contribution in [2.24, 2.45) is 18.0 Å². The fourth-order valence-corrected chi connectivity index (χ4v) is 4.43. The summed E-state index contributed by atoms with van der Waals surface area (Å²) < 4.78 is 1.95. The Kier molecular flexibility index (Phi) is 10.7. The number of rotatable bonds is 8. The molecule has 2 heterocycles. The number of aromatic nitrogens is 2. The average molecular weight is 560 g/mol. The number of halogens is 1. The quantitative estimate of drug-likeness (QED) is 0.290. The van der Waals surface area contributed by atoms with Crippen molar-refractivity contribution in [3.05, 3.63) is 17.0 Å². The van der Waals surface area contributed by atoms with E-state index >= 15 is 0 Å². The van der Waals surface area contributed by atoms with E-state index in [1.54, 1.807) is 0 Å². The van der Waals surface area contributed by atoms with Crippen molar-refractivity contribution in [2.45, 2.75) is 59.4 Å². The number of carbonyl (C=O) groups is 1. The molecule has 8 nitrogen and oxygen atoms in total. The average Bonchev–Trinajstić information content (AvgIpc) is 2.93. The van der Waals surface area contributed by atoms with Crippen LogP contribution in [0.15, 0.2) is 4.99 Å². The summed E-state index contributed by atoms with van der Waals surface area (Å²) in [4.78, 5) is 21.7. The monoisotopic (exact) mass is 559 g/mol. The molecule has 1 aromatic heterocycles. The van der Waals surface area contributed by atoms with Gasteiger partial charge in [0.25, 0.3) is 0 Å². The Morgan fingerprint density at radius 3 is 2.44 bits per heavy atom. The number of carbonyl (C=O) groups excluding carboxylic acids is 1. The van der Waals surface area contributed by atoms with E-state index in [2.05, 4.69) is 53.2 Å². The van der Waals surface area contributed by atoms with Crippen molar-refractivity contribution in [3.63, 3.8) is 0 Å². The van der Waals surface area contributed by atoms with Crippen LogP contribution in [0.25, 0.3) is 0 Å². The second-order valence-corrected chi connectivity index (χ2v) is 9.08. The van der Waals surface area contributed by atoms with Crippen molar-refractivity contribution < 1.29 is 4.79 Å². The van der Waals surface area contributed by atoms with Gasteiger partial charge >= 0.3 is 0 Å². The van der Waals surface area contributed by atoms with E-state index in [-0.39, 0.29) is 30.0 Å². The summed E-state index contributed by atoms with van der Waals surface area (Å²) in [5.74, 6) is 1.56. The number of aliphatic imine (C=N–C) groups is 1. The van der Waals surface area contributed by atoms with Crippen molar-refractivity contribution in [1.82, 2.24) is 30.2 Å². The van der Waals surface area contributed by atoms with Gasteiger partial charge in [-0.2, -0.15) is 5.10 Å². The Morgan fingerprint density at radius 1 is 1.22 bits per heavy atom. The highest BCUT2D eigenvalue weighted by Crippen LogP contribution is 2.28. The van der Waals surface area contributed by atoms with Gasteiger partial charge in [0.1, 0.15) is 0 Å². The second-order valence-electron chi connectivity index (χ2n) is 9.08. The summed E-state index contributed by atoms with van der Waals surface area (Å²) in [5, 5.41) is 11.4. The highest BCUT2D eigenvalue weighted by Gasteiger charge is 2.31. The van der Waals surface area contributed by atoms with Gasteiger partial charge in [-0.25, -0.2) is 0 Å². The Morgan fingerprint density at radius 2 is 1.91 bits per heavy atom. The molecule has 1 aliphatic carbocycles. The minimum absolute atomic E-state index is 0. The largest absolute Gasteiger partial charge is 0.357 e. The first-order chi connectivity index (χ1) is 14.9. The molecule has 0 aromatic carbocycles. The number of hydrogen-bond donors (Lipinski definition) is 2. The minimum atomic E-state index is 0. The molecule has 1 aliphatic heterocycles. The lowest BCUT2D eigenvalue weighted by Gasteiger charge is -2.38. The molecule has 9 heteroatoms. The Bertz CT molecular complexity index is 767. The van der Waals surface area contributed by atoms with E-state index < -0.39 is 0 Å². The zero-order valence-electron chi connectivity index (χ0n) is 20.5. The lowest BCUT2D eigenvalue weighted by molar-refractivity contribution is -0.139. The van der Waals surface area contributed by atoms with Gasteiger partial charge in [-0.1, -0.05) is 6.42 Å². The van der Waals surface area contributed by atoms with Gasteiger partial charge in [-0.15, -0.1) is 24.0 Å². The SMILES string of the molecule is CCNC(=NCCN1CCN(C(=O)C2CCC2)CC1)NC(C)Cc1c(C)nn(C)c1C.I. The molecule has 1 amide bonds. The van der Waals surface area contributed by atoms with Gasteiger partial charge in [0, 0.05) is 64.0 Å². The molecule has 2 N–H and O–H groups in total. The summed E-state index contributed by atoms with van der Waals surface area (Å²) in [5.41, 5.74) is 3.64. The van der Waals surface area contributed by atoms with Gasteiger partial charge in [-0.05, 0) is 52.5 Å². The molecule has 182 valence electrons. The van der Waals surface area contributed by atoms with Crippen LogP contribution in [0.2, 0.25) is 0 Å². The zero-order chi connectivity index (χ0) is 22.4. The van der Waals surface area contributed by atoms with Gasteiger partial charge in [0.15, 0.2) is 5.96 Å². The number of piperazine rings is 1. The molecule has 3 rings (SSSR count). The van der Waals surface area contributed by atoms with Crippen LogP contribution in [0.5, 0.6) is 0 Å². The molecule has 1 saturated heterocycles. The molecule has 1 unspecified atom stereocenters. The van der Waals surface area contributed by atoms with Crippen LogP contribution >= 0.6 is 24.0 Å². The summed E-state index contributed by atoms with van der Waals surface area (Å²) in [6, 6.07) is 0.264. The van der Waals surface area contributed by atoms with Crippen molar-refractivity contribution >= 4 is 35.8 Å². The first-order valence-corrected chi connectivity index (χ1v) is 11.9. The number of amides is 1. The lowest BCUT2D eigenvalue weighted by atomic mass is 9.84. The Hall–Kier alpha value is -1.36. The molecular weight excluding hydrogens is 517 g/mol. The summed E-state index contributed by atoms with van der Waals surface area (Å²) in [7, 11) is 2.00. The summed E-state index contributed by atoms with van der Waals surface area (Å²) >= 11 is 0. The van der Waals surface area contributed by atoms with Crippen LogP contribution in [0.3, 0.4) is 0 Å². The topological polar surface area (TPSA) is 77.8 Å². The standard InChI is InChI=1S/C23H41N7O.HI/c1-6-24-23(26-17(2)16-21-18(3)27-28(5)19(21)4)25-10-11-29-12-14-30(15-13-29)22(31)20-8-7-9-20;/h17,20H,6-16H2,1-5H3,(H2,24,25,26);1H. The maximum atomic E-state index is 12.4. The van der Waals surface area contributed by atoms with Crippen LogP contribution in [-0.2, 0) is 18.3 Å². The molecule has 1 aromatic rings. The zero-order valence-corrected chi connectivity index (χ0v) is 22.8. The van der Waals surface area contributed by atoms with Crippen LogP contribution in [0, 0.1) is 19.8 Å². The molecule has 0 bridgehead atoms. The molecule has 0 spiro atoms. The number of nitrogens with zero attached hydrogens (tertiary/aromatic N) is 5. The Balaban J connectivity index is 0.00000363. The van der Waals surface area contributed by atoms with Crippen molar-refractivity contribution in [2.75, 3.05) is 45.8 Å². The van der Waals surface area contributed by atoms with E-state index in [1.807, 2.05) is 11.7 Å². The van der Waals surface area contributed by atoms with E-state index in [0.717, 1.165) is 76.7 Å². The molecule has 2 aliphatic rings. The van der Waals surface area contributed by atoms with Crippen molar-refractivity contribution in [1.29, 1.82) is 0 Å². The van der Waals surface area contributed by atoms with E-state index in [9.17, 15) is 4.79 Å². The van der Waals surface area contributed by atoms with Gasteiger partial charge in [0.2, 0.25) is 5.91 Å². The third kappa shape index (κ3) is 7.07. The van der Waals surface area contributed by atoms with Crippen LogP contribution < -0.4 is 10.6 Å². The first-order valence-electron chi connectivity index (χ1n) is 11.9. The van der Waals surface area contributed by atoms with E-state index in [0.29, 0.717) is 11.8 Å². The Labute approximate surface area is 210 Å². The van der Waals surface area contributed by atoms with Gasteiger partial charge in [0.05, 0.1) is 12.2 Å². The number of guanidine groups is 1. The molecule has 0 radical (unpaired) electrons. The normalized spacial score (nSPS) is 18.7. The van der Waals surface area contributed by atoms with Gasteiger partial charge < -0.3 is 15.5 Å². The fraction of sp³-hybridized carbons (Fsp3) is 0.783. The highest BCUT2D eigenvalue weighted by molar-refractivity contribution is 14.0. The van der Waals surface area contributed by atoms with Crippen LogP contribution in [0.4, 0.5) is 0 Å². The molecule has 2 fully saturated rings. The minimum Gasteiger partial charge on any atom is -0.357 e. The molecule has 1 atom stereocenters. The van der Waals surface area contributed by atoms with E-state index in [4.69, 9.17) is 4.99 Å². The molecule has 1 saturated carbocycles. The molecule has 32 heavy (non-hydrogen) atoms. The first kappa shape index (κ1) is 26.9. The van der Waals surface area contributed by atoms with Gasteiger partial charge in [-0.3, -0.25) is 19.4 Å². The maximum Gasteiger partial charge on any atom is 0.225 e. The number of hydrogen-bond acceptors (Lipinski definition) is 4. The van der Waals surface area contributed by atoms with Crippen LogP contribution in [-0.4, -0.2) is 83.3 Å². The maximum absolute atomic E-state index is 12.4. The summed E-state index contributed by atoms with van der Waals surface area (Å²) in [6.45, 7) is 14.6. The smallest absolute Gasteiger partial charge is 0.225 e. The summed E-state index contributed by atoms with van der Waals surface area (Å²) in [6.07, 6.45) is 4.32. The second kappa shape index (κ2) is 12.8. The highest BCUT2D eigenvalue weighted by atomic mass is 127. The van der Waals surface area contributed by atoms with E-state index in [1.165, 1.54) is 17.7 Å². The van der Waals surface area contributed by atoms with Crippen molar-refractivity contribution in [3.8, 4) is 0 Å². The number of nitrogens with one attached hydrogen (secondary N) is 2. The van der Waals surface area contributed by atoms with Crippen LogP contribution in [0.1, 0.15) is 50.1 Å². The number of aryl methyl sites for hydroxylation is 2. The lowest BCUT2D eigenvalue weighted by Crippen LogP contribution is -2.51.